The molecule has 0 aromatic carbocycles. The van der Waals surface area contributed by atoms with Crippen LogP contribution in [0.3, 0.4) is 0 Å². The molecule has 0 saturated carbocycles. The third kappa shape index (κ3) is 3.41. The summed E-state index contributed by atoms with van der Waals surface area (Å²) in [6.07, 6.45) is 3.33. The average Bonchev–Trinajstić information content (AvgIpc) is 2.63. The van der Waals surface area contributed by atoms with E-state index in [1.165, 1.54) is 6.20 Å². The average molecular weight is 330 g/mol. The van der Waals surface area contributed by atoms with Crippen molar-refractivity contribution in [3.8, 4) is 0 Å². The number of nitrogens with zero attached hydrogens (tertiary/aromatic N) is 2. The van der Waals surface area contributed by atoms with Crippen molar-refractivity contribution in [2.75, 3.05) is 37.7 Å². The lowest BCUT2D eigenvalue weighted by atomic mass is 10.2. The third-order valence-electron chi connectivity index (χ3n) is 4.11. The van der Waals surface area contributed by atoms with Crippen molar-refractivity contribution >= 4 is 22.8 Å². The first-order valence-corrected chi connectivity index (χ1v) is 8.34. The lowest BCUT2D eigenvalue weighted by Crippen LogP contribution is -2.37. The van der Waals surface area contributed by atoms with Crippen molar-refractivity contribution in [1.29, 1.82) is 0 Å². The number of rotatable bonds is 5. The van der Waals surface area contributed by atoms with Gasteiger partial charge in [-0.1, -0.05) is 13.3 Å². The molecule has 0 spiro atoms. The van der Waals surface area contributed by atoms with Crippen LogP contribution in [0.15, 0.2) is 23.1 Å². The number of amides is 1. The number of carbonyl (C=O) groups excluding carboxylic acids is 1. The van der Waals surface area contributed by atoms with Gasteiger partial charge in [0.2, 0.25) is 5.43 Å². The first kappa shape index (κ1) is 16.4. The Morgan fingerprint density at radius 2 is 2.17 bits per heavy atom. The summed E-state index contributed by atoms with van der Waals surface area (Å²) in [7, 11) is 0. The van der Waals surface area contributed by atoms with E-state index in [2.05, 4.69) is 20.2 Å². The minimum Gasteiger partial charge on any atom is -0.378 e. The first-order valence-electron chi connectivity index (χ1n) is 8.34. The quantitative estimate of drug-likeness (QED) is 0.807. The molecule has 1 fully saturated rings. The van der Waals surface area contributed by atoms with E-state index in [0.29, 0.717) is 30.8 Å². The predicted molar refractivity (Wildman–Crippen MR) is 92.6 cm³/mol. The number of morpholine rings is 1. The van der Waals surface area contributed by atoms with Gasteiger partial charge in [-0.05, 0) is 18.6 Å². The van der Waals surface area contributed by atoms with Gasteiger partial charge in [0.05, 0.1) is 18.7 Å². The van der Waals surface area contributed by atoms with Crippen LogP contribution in [-0.2, 0) is 4.74 Å². The number of nitrogens with one attached hydrogen (secondary N) is 2. The van der Waals surface area contributed by atoms with Gasteiger partial charge in [0, 0.05) is 25.8 Å². The van der Waals surface area contributed by atoms with E-state index in [9.17, 15) is 9.59 Å². The van der Waals surface area contributed by atoms with Crippen molar-refractivity contribution < 1.29 is 9.53 Å². The maximum atomic E-state index is 12.7. The number of aromatic amines is 1. The van der Waals surface area contributed by atoms with Gasteiger partial charge in [-0.15, -0.1) is 0 Å². The van der Waals surface area contributed by atoms with Crippen molar-refractivity contribution in [2.24, 2.45) is 0 Å². The summed E-state index contributed by atoms with van der Waals surface area (Å²) in [6, 6.07) is 3.71. The van der Waals surface area contributed by atoms with Gasteiger partial charge in [-0.3, -0.25) is 9.59 Å². The number of anilines is 1. The standard InChI is InChI=1S/C17H22N4O3/c1-2-3-6-18-17(23)12-11-19-13-4-5-14(20-15(13)16(12)22)21-7-9-24-10-8-21/h4-5,11H,2-3,6-10H2,1H3,(H,18,23)(H,19,22). The second-order valence-corrected chi connectivity index (χ2v) is 5.81. The summed E-state index contributed by atoms with van der Waals surface area (Å²) in [5.74, 6) is 0.380. The maximum Gasteiger partial charge on any atom is 0.256 e. The smallest absolute Gasteiger partial charge is 0.256 e. The molecule has 2 N–H and O–H groups in total. The predicted octanol–water partition coefficient (Wildman–Crippen LogP) is 1.29. The van der Waals surface area contributed by atoms with Crippen molar-refractivity contribution in [3.63, 3.8) is 0 Å². The van der Waals surface area contributed by atoms with Crippen LogP contribution in [-0.4, -0.2) is 48.7 Å². The molecule has 1 aliphatic heterocycles. The Kier molecular flexibility index (Phi) is 5.10. The second kappa shape index (κ2) is 7.44. The van der Waals surface area contributed by atoms with Gasteiger partial charge in [0.25, 0.3) is 5.91 Å². The Morgan fingerprint density at radius 3 is 2.92 bits per heavy atom. The Hall–Kier alpha value is -2.41. The van der Waals surface area contributed by atoms with E-state index < -0.39 is 0 Å². The summed E-state index contributed by atoms with van der Waals surface area (Å²) in [5.41, 5.74) is 0.683. The van der Waals surface area contributed by atoms with E-state index in [1.54, 1.807) is 0 Å². The molecule has 128 valence electrons. The molecular formula is C17H22N4O3. The first-order chi connectivity index (χ1) is 11.7. The highest BCUT2D eigenvalue weighted by molar-refractivity contribution is 5.96. The van der Waals surface area contributed by atoms with Gasteiger partial charge in [-0.25, -0.2) is 4.98 Å². The van der Waals surface area contributed by atoms with Crippen LogP contribution >= 0.6 is 0 Å². The SMILES string of the molecule is CCCCNC(=O)c1c[nH]c2ccc(N3CCOCC3)nc2c1=O. The lowest BCUT2D eigenvalue weighted by Gasteiger charge is -2.27. The number of H-pyrrole nitrogens is 1. The van der Waals surface area contributed by atoms with Crippen LogP contribution in [0.1, 0.15) is 30.1 Å². The largest absolute Gasteiger partial charge is 0.378 e. The van der Waals surface area contributed by atoms with Crippen LogP contribution in [0.5, 0.6) is 0 Å². The number of hydrogen-bond donors (Lipinski definition) is 2. The molecule has 24 heavy (non-hydrogen) atoms. The van der Waals surface area contributed by atoms with Crippen molar-refractivity contribution in [1.82, 2.24) is 15.3 Å². The van der Waals surface area contributed by atoms with Gasteiger partial charge in [0.15, 0.2) is 0 Å². The molecule has 0 radical (unpaired) electrons. The van der Waals surface area contributed by atoms with Gasteiger partial charge < -0.3 is 19.9 Å². The monoisotopic (exact) mass is 330 g/mol. The van der Waals surface area contributed by atoms with E-state index in [4.69, 9.17) is 4.74 Å². The van der Waals surface area contributed by atoms with Crippen LogP contribution in [0, 0.1) is 0 Å². The van der Waals surface area contributed by atoms with Crippen molar-refractivity contribution in [3.05, 3.63) is 34.1 Å². The molecule has 0 bridgehead atoms. The highest BCUT2D eigenvalue weighted by Gasteiger charge is 2.16. The molecule has 3 heterocycles. The minimum absolute atomic E-state index is 0.102. The molecule has 2 aromatic heterocycles. The Labute approximate surface area is 140 Å². The fourth-order valence-electron chi connectivity index (χ4n) is 2.69. The molecule has 0 unspecified atom stereocenters. The van der Waals surface area contributed by atoms with E-state index >= 15 is 0 Å². The number of carbonyl (C=O) groups is 1. The fraction of sp³-hybridized carbons (Fsp3) is 0.471. The summed E-state index contributed by atoms with van der Waals surface area (Å²) in [4.78, 5) is 34.4. The molecule has 7 nitrogen and oxygen atoms in total. The number of unbranched alkanes of at least 4 members (excludes halogenated alkanes) is 1. The topological polar surface area (TPSA) is 87.3 Å². The Balaban J connectivity index is 1.91. The lowest BCUT2D eigenvalue weighted by molar-refractivity contribution is 0.0952. The number of fused-ring (bicyclic) bond motifs is 1. The molecule has 0 atom stereocenters. The zero-order valence-electron chi connectivity index (χ0n) is 13.8. The molecule has 7 heteroatoms. The van der Waals surface area contributed by atoms with E-state index in [0.717, 1.165) is 31.7 Å². The number of aromatic nitrogens is 2. The summed E-state index contributed by atoms with van der Waals surface area (Å²) < 4.78 is 5.34. The van der Waals surface area contributed by atoms with Gasteiger partial charge in [-0.2, -0.15) is 0 Å². The maximum absolute atomic E-state index is 12.7. The highest BCUT2D eigenvalue weighted by atomic mass is 16.5. The summed E-state index contributed by atoms with van der Waals surface area (Å²) in [6.45, 7) is 5.40. The van der Waals surface area contributed by atoms with Gasteiger partial charge in [0.1, 0.15) is 16.9 Å². The normalized spacial score (nSPS) is 14.8. The van der Waals surface area contributed by atoms with E-state index in [-0.39, 0.29) is 16.9 Å². The molecule has 1 amide bonds. The Bertz CT molecular complexity index is 781. The molecule has 3 rings (SSSR count). The molecule has 1 saturated heterocycles. The van der Waals surface area contributed by atoms with Crippen molar-refractivity contribution in [2.45, 2.75) is 19.8 Å². The number of ether oxygens (including phenoxy) is 1. The van der Waals surface area contributed by atoms with Crippen LogP contribution < -0.4 is 15.6 Å². The van der Waals surface area contributed by atoms with Crippen LogP contribution in [0.2, 0.25) is 0 Å². The zero-order valence-corrected chi connectivity index (χ0v) is 13.8. The van der Waals surface area contributed by atoms with Gasteiger partial charge >= 0.3 is 0 Å². The van der Waals surface area contributed by atoms with Crippen LogP contribution in [0.4, 0.5) is 5.82 Å². The highest BCUT2D eigenvalue weighted by Crippen LogP contribution is 2.16. The number of hydrogen-bond acceptors (Lipinski definition) is 5. The van der Waals surface area contributed by atoms with E-state index in [1.807, 2.05) is 19.1 Å². The van der Waals surface area contributed by atoms with Crippen LogP contribution in [0.25, 0.3) is 11.0 Å². The Morgan fingerprint density at radius 1 is 1.38 bits per heavy atom. The minimum atomic E-state index is -0.356. The summed E-state index contributed by atoms with van der Waals surface area (Å²) >= 11 is 0. The molecule has 2 aromatic rings. The molecule has 0 aliphatic carbocycles. The molecule has 1 aliphatic rings. The zero-order chi connectivity index (χ0) is 16.9. The third-order valence-corrected chi connectivity index (χ3v) is 4.11. The second-order valence-electron chi connectivity index (χ2n) is 5.81. The molecular weight excluding hydrogens is 308 g/mol. The fourth-order valence-corrected chi connectivity index (χ4v) is 2.69. The summed E-state index contributed by atoms with van der Waals surface area (Å²) in [5, 5.41) is 2.77. The number of pyridine rings is 2.